The molecule has 0 aliphatic rings. The van der Waals surface area contributed by atoms with Crippen LogP contribution >= 0.6 is 0 Å². The summed E-state index contributed by atoms with van der Waals surface area (Å²) in [4.78, 5) is 48.8. The summed E-state index contributed by atoms with van der Waals surface area (Å²) in [5, 5.41) is 26.7. The van der Waals surface area contributed by atoms with Gasteiger partial charge < -0.3 is 31.9 Å². The molecule has 31 heavy (non-hydrogen) atoms. The highest BCUT2D eigenvalue weighted by molar-refractivity contribution is 5.94. The lowest BCUT2D eigenvalue weighted by Crippen LogP contribution is -2.60. The lowest BCUT2D eigenvalue weighted by Gasteiger charge is -2.28. The van der Waals surface area contributed by atoms with Crippen LogP contribution in [-0.2, 0) is 25.6 Å². The van der Waals surface area contributed by atoms with E-state index in [9.17, 15) is 29.4 Å². The normalized spacial score (nSPS) is 15.6. The highest BCUT2D eigenvalue weighted by atomic mass is 16.4. The van der Waals surface area contributed by atoms with Crippen LogP contribution in [-0.4, -0.2) is 64.7 Å². The Labute approximate surface area is 181 Å². The number of nitrogens with one attached hydrogen (secondary N) is 3. The summed E-state index contributed by atoms with van der Waals surface area (Å²) < 4.78 is 0. The van der Waals surface area contributed by atoms with Crippen molar-refractivity contribution in [2.24, 2.45) is 11.7 Å². The summed E-state index contributed by atoms with van der Waals surface area (Å²) in [7, 11) is 0. The molecule has 1 rings (SSSR count). The van der Waals surface area contributed by atoms with E-state index in [1.165, 1.54) is 6.92 Å². The quantitative estimate of drug-likeness (QED) is 0.248. The molecule has 0 fully saturated rings. The largest absolute Gasteiger partial charge is 0.480 e. The Morgan fingerprint density at radius 1 is 0.968 bits per heavy atom. The molecule has 0 spiro atoms. The van der Waals surface area contributed by atoms with Crippen LogP contribution in [0.25, 0.3) is 0 Å². The minimum absolute atomic E-state index is 0.0753. The number of carboxylic acids is 1. The molecule has 3 amide bonds. The van der Waals surface area contributed by atoms with E-state index in [-0.39, 0.29) is 18.9 Å². The van der Waals surface area contributed by atoms with Crippen molar-refractivity contribution in [2.45, 2.75) is 57.8 Å². The van der Waals surface area contributed by atoms with Gasteiger partial charge in [-0.25, -0.2) is 4.79 Å². The maximum atomic E-state index is 12.9. The number of hydrogen-bond acceptors (Lipinski definition) is 6. The van der Waals surface area contributed by atoms with Crippen LogP contribution in [0.1, 0.15) is 32.8 Å². The zero-order chi connectivity index (χ0) is 23.6. The zero-order valence-electron chi connectivity index (χ0n) is 18.0. The van der Waals surface area contributed by atoms with Gasteiger partial charge in [-0.05, 0) is 18.4 Å². The van der Waals surface area contributed by atoms with E-state index < -0.39 is 47.9 Å². The molecule has 5 atom stereocenters. The molecule has 1 aromatic carbocycles. The van der Waals surface area contributed by atoms with Crippen LogP contribution in [0.15, 0.2) is 30.3 Å². The highest BCUT2D eigenvalue weighted by Gasteiger charge is 2.33. The van der Waals surface area contributed by atoms with Crippen molar-refractivity contribution < 1.29 is 29.4 Å². The summed E-state index contributed by atoms with van der Waals surface area (Å²) in [6.45, 7) is 4.50. The molecule has 0 saturated heterocycles. The van der Waals surface area contributed by atoms with E-state index in [0.29, 0.717) is 6.42 Å². The Morgan fingerprint density at radius 2 is 1.55 bits per heavy atom. The number of carbonyl (C=O) groups excluding carboxylic acids is 3. The van der Waals surface area contributed by atoms with Gasteiger partial charge in [-0.15, -0.1) is 0 Å². The summed E-state index contributed by atoms with van der Waals surface area (Å²) in [6.07, 6.45) is -0.643. The lowest BCUT2D eigenvalue weighted by atomic mass is 9.96. The minimum Gasteiger partial charge on any atom is -0.480 e. The number of benzene rings is 1. The van der Waals surface area contributed by atoms with Gasteiger partial charge in [0, 0.05) is 6.42 Å². The second-order valence-electron chi connectivity index (χ2n) is 7.45. The number of aliphatic hydroxyl groups is 1. The molecule has 0 saturated carbocycles. The smallest absolute Gasteiger partial charge is 0.326 e. The number of hydrogen-bond donors (Lipinski definition) is 6. The van der Waals surface area contributed by atoms with Gasteiger partial charge in [-0.2, -0.15) is 0 Å². The van der Waals surface area contributed by atoms with E-state index in [1.807, 2.05) is 6.92 Å². The summed E-state index contributed by atoms with van der Waals surface area (Å²) >= 11 is 0. The van der Waals surface area contributed by atoms with Gasteiger partial charge in [0.05, 0.1) is 12.6 Å². The number of aliphatic carboxylic acids is 1. The maximum absolute atomic E-state index is 12.9. The average molecular weight is 437 g/mol. The number of rotatable bonds is 12. The van der Waals surface area contributed by atoms with Gasteiger partial charge in [0.25, 0.3) is 0 Å². The van der Waals surface area contributed by atoms with E-state index in [1.54, 1.807) is 37.3 Å². The molecule has 172 valence electrons. The number of carbonyl (C=O) groups is 4. The van der Waals surface area contributed by atoms with Gasteiger partial charge in [-0.3, -0.25) is 14.4 Å². The summed E-state index contributed by atoms with van der Waals surface area (Å²) in [6, 6.07) is 5.28. The number of aliphatic hydroxyl groups excluding tert-OH is 1. The van der Waals surface area contributed by atoms with Crippen LogP contribution in [0, 0.1) is 5.92 Å². The standard InChI is InChI=1S/C21H32N4O6/c1-4-12(2)17(25-20(29)18(13(3)26)24-16(27)11-22)19(28)23-15(21(30)31)10-14-8-6-5-7-9-14/h5-9,12-13,15,17-18,26H,4,10-11,22H2,1-3H3,(H,23,28)(H,24,27)(H,25,29)(H,30,31). The van der Waals surface area contributed by atoms with Crippen molar-refractivity contribution in [3.8, 4) is 0 Å². The second-order valence-corrected chi connectivity index (χ2v) is 7.45. The first-order chi connectivity index (χ1) is 14.6. The molecule has 0 aliphatic carbocycles. The molecule has 10 nitrogen and oxygen atoms in total. The van der Waals surface area contributed by atoms with E-state index in [4.69, 9.17) is 5.73 Å². The molecular weight excluding hydrogens is 404 g/mol. The third-order valence-corrected chi connectivity index (χ3v) is 4.96. The number of carboxylic acid groups (broad SMARTS) is 1. The first kappa shape index (κ1) is 26.1. The fourth-order valence-electron chi connectivity index (χ4n) is 2.89. The molecule has 7 N–H and O–H groups in total. The molecule has 0 aliphatic heterocycles. The minimum atomic E-state index is -1.31. The van der Waals surface area contributed by atoms with Crippen LogP contribution in [0.4, 0.5) is 0 Å². The van der Waals surface area contributed by atoms with Crippen molar-refractivity contribution >= 4 is 23.7 Å². The van der Waals surface area contributed by atoms with Gasteiger partial charge in [0.1, 0.15) is 18.1 Å². The van der Waals surface area contributed by atoms with Gasteiger partial charge in [-0.1, -0.05) is 50.6 Å². The Morgan fingerprint density at radius 3 is 2.03 bits per heavy atom. The SMILES string of the molecule is CCC(C)C(NC(=O)C(NC(=O)CN)C(C)O)C(=O)NC(Cc1ccccc1)C(=O)O. The van der Waals surface area contributed by atoms with Gasteiger partial charge in [0.15, 0.2) is 0 Å². The Kier molecular flexibility index (Phi) is 10.6. The molecule has 0 radical (unpaired) electrons. The average Bonchev–Trinajstić information content (AvgIpc) is 2.74. The van der Waals surface area contributed by atoms with Crippen LogP contribution in [0.5, 0.6) is 0 Å². The van der Waals surface area contributed by atoms with Crippen LogP contribution < -0.4 is 21.7 Å². The topological polar surface area (TPSA) is 171 Å². The Bertz CT molecular complexity index is 755. The van der Waals surface area contributed by atoms with Crippen molar-refractivity contribution in [2.75, 3.05) is 6.54 Å². The molecule has 0 heterocycles. The second kappa shape index (κ2) is 12.7. The Balaban J connectivity index is 2.98. The molecule has 10 heteroatoms. The van der Waals surface area contributed by atoms with Crippen molar-refractivity contribution in [3.63, 3.8) is 0 Å². The first-order valence-corrected chi connectivity index (χ1v) is 10.2. The lowest BCUT2D eigenvalue weighted by molar-refractivity contribution is -0.142. The van der Waals surface area contributed by atoms with Gasteiger partial charge in [0.2, 0.25) is 17.7 Å². The fraction of sp³-hybridized carbons (Fsp3) is 0.524. The van der Waals surface area contributed by atoms with Gasteiger partial charge >= 0.3 is 5.97 Å². The van der Waals surface area contributed by atoms with Crippen molar-refractivity contribution in [3.05, 3.63) is 35.9 Å². The highest BCUT2D eigenvalue weighted by Crippen LogP contribution is 2.11. The number of nitrogens with two attached hydrogens (primary N) is 1. The monoisotopic (exact) mass is 436 g/mol. The predicted octanol–water partition coefficient (Wildman–Crippen LogP) is -0.846. The van der Waals surface area contributed by atoms with Crippen molar-refractivity contribution in [1.29, 1.82) is 0 Å². The summed E-state index contributed by atoms with van der Waals surface area (Å²) in [5.74, 6) is -3.62. The molecule has 0 aromatic heterocycles. The van der Waals surface area contributed by atoms with E-state index in [0.717, 1.165) is 5.56 Å². The van der Waals surface area contributed by atoms with Crippen LogP contribution in [0.3, 0.4) is 0 Å². The molecular formula is C21H32N4O6. The predicted molar refractivity (Wildman–Crippen MR) is 114 cm³/mol. The molecule has 1 aromatic rings. The molecule has 0 bridgehead atoms. The number of amides is 3. The zero-order valence-corrected chi connectivity index (χ0v) is 18.0. The Hall–Kier alpha value is -2.98. The van der Waals surface area contributed by atoms with Crippen molar-refractivity contribution in [1.82, 2.24) is 16.0 Å². The molecule has 5 unspecified atom stereocenters. The maximum Gasteiger partial charge on any atom is 0.326 e. The van der Waals surface area contributed by atoms with E-state index >= 15 is 0 Å². The van der Waals surface area contributed by atoms with Crippen LogP contribution in [0.2, 0.25) is 0 Å². The summed E-state index contributed by atoms with van der Waals surface area (Å²) in [5.41, 5.74) is 5.98. The third kappa shape index (κ3) is 8.35. The third-order valence-electron chi connectivity index (χ3n) is 4.96. The fourth-order valence-corrected chi connectivity index (χ4v) is 2.89. The first-order valence-electron chi connectivity index (χ1n) is 10.2. The van der Waals surface area contributed by atoms with E-state index in [2.05, 4.69) is 16.0 Å².